The standard InChI is InChI=1S/C22H26ClN3O2/c1-17(18-7-3-2-4-8-18)15-22(28)26-13-11-25(12-14-26)16-21(27)24-20-10-6-5-9-19(20)23/h2-10,17H,11-16H2,1H3,(H,24,27)/p+1/t17-/m0/s1. The van der Waals surface area contributed by atoms with Crippen LogP contribution in [0.5, 0.6) is 0 Å². The molecule has 3 rings (SSSR count). The summed E-state index contributed by atoms with van der Waals surface area (Å²) in [6, 6.07) is 17.4. The van der Waals surface area contributed by atoms with Gasteiger partial charge in [-0.05, 0) is 23.6 Å². The first-order valence-corrected chi connectivity index (χ1v) is 10.1. The Hall–Kier alpha value is -2.37. The molecule has 1 fully saturated rings. The van der Waals surface area contributed by atoms with Gasteiger partial charge in [0.15, 0.2) is 6.54 Å². The molecule has 0 bridgehead atoms. The number of anilines is 1. The van der Waals surface area contributed by atoms with Gasteiger partial charge in [0.1, 0.15) is 0 Å². The minimum absolute atomic E-state index is 0.0550. The van der Waals surface area contributed by atoms with E-state index in [-0.39, 0.29) is 17.7 Å². The van der Waals surface area contributed by atoms with Crippen LogP contribution in [0.4, 0.5) is 5.69 Å². The second-order valence-electron chi connectivity index (χ2n) is 7.35. The van der Waals surface area contributed by atoms with Gasteiger partial charge in [-0.15, -0.1) is 0 Å². The van der Waals surface area contributed by atoms with Crippen LogP contribution in [0.1, 0.15) is 24.8 Å². The summed E-state index contributed by atoms with van der Waals surface area (Å²) in [6.45, 7) is 5.41. The van der Waals surface area contributed by atoms with Gasteiger partial charge >= 0.3 is 0 Å². The monoisotopic (exact) mass is 400 g/mol. The third-order valence-electron chi connectivity index (χ3n) is 5.23. The Morgan fingerprint density at radius 1 is 1.07 bits per heavy atom. The fourth-order valence-electron chi connectivity index (χ4n) is 3.52. The topological polar surface area (TPSA) is 53.9 Å². The number of amides is 2. The van der Waals surface area contributed by atoms with E-state index < -0.39 is 0 Å². The van der Waals surface area contributed by atoms with Gasteiger partial charge < -0.3 is 15.1 Å². The number of para-hydroxylation sites is 1. The zero-order chi connectivity index (χ0) is 19.9. The maximum atomic E-state index is 12.6. The van der Waals surface area contributed by atoms with E-state index in [1.165, 1.54) is 10.5 Å². The molecule has 5 nitrogen and oxygen atoms in total. The number of carbonyl (C=O) groups excluding carboxylic acids is 2. The van der Waals surface area contributed by atoms with Gasteiger partial charge in [-0.25, -0.2) is 0 Å². The van der Waals surface area contributed by atoms with Crippen molar-refractivity contribution < 1.29 is 14.5 Å². The lowest BCUT2D eigenvalue weighted by Crippen LogP contribution is -3.15. The fraction of sp³-hybridized carbons (Fsp3) is 0.364. The molecular formula is C22H27ClN3O2+. The lowest BCUT2D eigenvalue weighted by atomic mass is 9.97. The normalized spacial score (nSPS) is 15.9. The van der Waals surface area contributed by atoms with E-state index in [2.05, 4.69) is 24.4 Å². The molecule has 1 saturated heterocycles. The van der Waals surface area contributed by atoms with Crippen molar-refractivity contribution >= 4 is 29.1 Å². The van der Waals surface area contributed by atoms with Gasteiger partial charge in [0.05, 0.1) is 36.9 Å². The van der Waals surface area contributed by atoms with Crippen molar-refractivity contribution in [2.45, 2.75) is 19.3 Å². The van der Waals surface area contributed by atoms with E-state index in [4.69, 9.17) is 11.6 Å². The molecule has 6 heteroatoms. The van der Waals surface area contributed by atoms with Crippen LogP contribution in [0, 0.1) is 0 Å². The second kappa shape index (κ2) is 9.71. The maximum absolute atomic E-state index is 12.6. The van der Waals surface area contributed by atoms with Crippen molar-refractivity contribution in [1.82, 2.24) is 4.90 Å². The third-order valence-corrected chi connectivity index (χ3v) is 5.56. The van der Waals surface area contributed by atoms with Crippen LogP contribution < -0.4 is 10.2 Å². The molecule has 148 valence electrons. The highest BCUT2D eigenvalue weighted by atomic mass is 35.5. The zero-order valence-electron chi connectivity index (χ0n) is 16.2. The summed E-state index contributed by atoms with van der Waals surface area (Å²) in [4.78, 5) is 28.0. The predicted octanol–water partition coefficient (Wildman–Crippen LogP) is 2.20. The molecule has 0 saturated carbocycles. The highest BCUT2D eigenvalue weighted by Crippen LogP contribution is 2.20. The summed E-state index contributed by atoms with van der Waals surface area (Å²) in [5, 5.41) is 3.40. The van der Waals surface area contributed by atoms with E-state index in [0.29, 0.717) is 36.8 Å². The Labute approximate surface area is 171 Å². The quantitative estimate of drug-likeness (QED) is 0.781. The Morgan fingerprint density at radius 2 is 1.71 bits per heavy atom. The lowest BCUT2D eigenvalue weighted by Gasteiger charge is -2.32. The van der Waals surface area contributed by atoms with Crippen molar-refractivity contribution in [1.29, 1.82) is 0 Å². The summed E-state index contributed by atoms with van der Waals surface area (Å²) in [6.07, 6.45) is 0.520. The molecule has 1 aliphatic heterocycles. The van der Waals surface area contributed by atoms with Crippen molar-refractivity contribution in [2.75, 3.05) is 38.0 Å². The number of benzene rings is 2. The van der Waals surface area contributed by atoms with Gasteiger partial charge in [-0.1, -0.05) is 61.0 Å². The minimum atomic E-state index is -0.0550. The number of nitrogens with zero attached hydrogens (tertiary/aromatic N) is 1. The third kappa shape index (κ3) is 5.57. The van der Waals surface area contributed by atoms with E-state index >= 15 is 0 Å². The zero-order valence-corrected chi connectivity index (χ0v) is 16.9. The molecule has 0 aliphatic carbocycles. The summed E-state index contributed by atoms with van der Waals surface area (Å²) >= 11 is 6.09. The van der Waals surface area contributed by atoms with Crippen molar-refractivity contribution in [3.8, 4) is 0 Å². The number of halogens is 1. The van der Waals surface area contributed by atoms with Gasteiger partial charge in [-0.3, -0.25) is 9.59 Å². The molecule has 2 aromatic rings. The molecule has 1 heterocycles. The van der Waals surface area contributed by atoms with Gasteiger partial charge in [0.25, 0.3) is 5.91 Å². The number of piperazine rings is 1. The van der Waals surface area contributed by atoms with Gasteiger partial charge in [0, 0.05) is 6.42 Å². The van der Waals surface area contributed by atoms with E-state index in [0.717, 1.165) is 13.1 Å². The lowest BCUT2D eigenvalue weighted by molar-refractivity contribution is -0.895. The first-order chi connectivity index (χ1) is 13.5. The van der Waals surface area contributed by atoms with Crippen molar-refractivity contribution in [2.24, 2.45) is 0 Å². The molecule has 0 unspecified atom stereocenters. The molecule has 0 aromatic heterocycles. The molecule has 2 N–H and O–H groups in total. The summed E-state index contributed by atoms with van der Waals surface area (Å²) in [7, 11) is 0. The number of rotatable bonds is 6. The summed E-state index contributed by atoms with van der Waals surface area (Å²) in [5.74, 6) is 0.344. The molecule has 1 atom stereocenters. The largest absolute Gasteiger partial charge is 0.331 e. The number of hydrogen-bond donors (Lipinski definition) is 2. The van der Waals surface area contributed by atoms with Crippen LogP contribution in [0.2, 0.25) is 5.02 Å². The SMILES string of the molecule is C[C@@H](CC(=O)N1CC[NH+](CC(=O)Nc2ccccc2Cl)CC1)c1ccccc1. The van der Waals surface area contributed by atoms with Gasteiger partial charge in [-0.2, -0.15) is 0 Å². The average molecular weight is 401 g/mol. The summed E-state index contributed by atoms with van der Waals surface area (Å²) in [5.41, 5.74) is 1.83. The Bertz CT molecular complexity index is 804. The molecular weight excluding hydrogens is 374 g/mol. The number of hydrogen-bond acceptors (Lipinski definition) is 2. The number of quaternary nitrogens is 1. The van der Waals surface area contributed by atoms with Crippen LogP contribution in [0.3, 0.4) is 0 Å². The van der Waals surface area contributed by atoms with Crippen molar-refractivity contribution in [3.05, 3.63) is 65.2 Å². The Kier molecular flexibility index (Phi) is 7.06. The van der Waals surface area contributed by atoms with Crippen molar-refractivity contribution in [3.63, 3.8) is 0 Å². The summed E-state index contributed by atoms with van der Waals surface area (Å²) < 4.78 is 0. The number of nitrogens with one attached hydrogen (secondary N) is 2. The average Bonchev–Trinajstić information content (AvgIpc) is 2.71. The van der Waals surface area contributed by atoms with Crippen LogP contribution in [0.25, 0.3) is 0 Å². The predicted molar refractivity (Wildman–Crippen MR) is 112 cm³/mol. The van der Waals surface area contributed by atoms with Gasteiger partial charge in [0.2, 0.25) is 5.91 Å². The first kappa shape index (κ1) is 20.4. The minimum Gasteiger partial charge on any atom is -0.331 e. The van der Waals surface area contributed by atoms with Crippen LogP contribution in [0.15, 0.2) is 54.6 Å². The van der Waals surface area contributed by atoms with E-state index in [1.54, 1.807) is 12.1 Å². The molecule has 28 heavy (non-hydrogen) atoms. The fourth-order valence-corrected chi connectivity index (χ4v) is 3.71. The molecule has 2 amide bonds. The van der Waals surface area contributed by atoms with Crippen LogP contribution in [-0.4, -0.2) is 49.4 Å². The Morgan fingerprint density at radius 3 is 2.39 bits per heavy atom. The highest BCUT2D eigenvalue weighted by Gasteiger charge is 2.26. The first-order valence-electron chi connectivity index (χ1n) is 9.73. The number of carbonyl (C=O) groups is 2. The van der Waals surface area contributed by atoms with E-state index in [9.17, 15) is 9.59 Å². The molecule has 0 spiro atoms. The Balaban J connectivity index is 1.43. The van der Waals surface area contributed by atoms with Crippen LogP contribution >= 0.6 is 11.6 Å². The molecule has 2 aromatic carbocycles. The second-order valence-corrected chi connectivity index (χ2v) is 7.76. The van der Waals surface area contributed by atoms with Crippen LogP contribution in [-0.2, 0) is 9.59 Å². The molecule has 0 radical (unpaired) electrons. The maximum Gasteiger partial charge on any atom is 0.279 e. The molecule has 1 aliphatic rings. The smallest absolute Gasteiger partial charge is 0.279 e. The van der Waals surface area contributed by atoms with E-state index in [1.807, 2.05) is 35.2 Å². The highest BCUT2D eigenvalue weighted by molar-refractivity contribution is 6.33.